The first kappa shape index (κ1) is 22.0. The van der Waals surface area contributed by atoms with E-state index >= 15 is 0 Å². The van der Waals surface area contributed by atoms with Crippen LogP contribution < -0.4 is 16.4 Å². The molecule has 0 saturated carbocycles. The summed E-state index contributed by atoms with van der Waals surface area (Å²) in [5.41, 5.74) is 7.87. The van der Waals surface area contributed by atoms with Gasteiger partial charge < -0.3 is 25.7 Å². The highest BCUT2D eigenvalue weighted by molar-refractivity contribution is 6.03. The highest BCUT2D eigenvalue weighted by atomic mass is 35.5. The third kappa shape index (κ3) is 6.03. The van der Waals surface area contributed by atoms with E-state index in [1.54, 1.807) is 55.1 Å². The quantitative estimate of drug-likeness (QED) is 0.642. The number of aryl methyl sites for hydroxylation is 1. The number of carbonyl (C=O) groups excluding carboxylic acids is 3. The molecule has 2 aromatic rings. The van der Waals surface area contributed by atoms with E-state index in [0.717, 1.165) is 0 Å². The van der Waals surface area contributed by atoms with E-state index in [-0.39, 0.29) is 30.6 Å². The van der Waals surface area contributed by atoms with E-state index in [1.165, 1.54) is 7.11 Å². The minimum Gasteiger partial charge on any atom is -0.467 e. The molecule has 0 aliphatic carbocycles. The highest BCUT2D eigenvalue weighted by Gasteiger charge is 2.16. The molecule has 0 bridgehead atoms. The third-order valence-electron chi connectivity index (χ3n) is 3.74. The summed E-state index contributed by atoms with van der Waals surface area (Å²) in [5.74, 6) is -1.13. The summed E-state index contributed by atoms with van der Waals surface area (Å²) < 4.78 is 6.20. The maximum absolute atomic E-state index is 12.3. The molecule has 0 fully saturated rings. The first-order valence-corrected chi connectivity index (χ1v) is 7.99. The van der Waals surface area contributed by atoms with Crippen molar-refractivity contribution < 1.29 is 19.1 Å². The lowest BCUT2D eigenvalue weighted by molar-refractivity contribution is -0.144. The van der Waals surface area contributed by atoms with Gasteiger partial charge in [-0.05, 0) is 30.7 Å². The van der Waals surface area contributed by atoms with Gasteiger partial charge in [0.15, 0.2) is 0 Å². The van der Waals surface area contributed by atoms with Crippen LogP contribution in [-0.2, 0) is 27.8 Å². The van der Waals surface area contributed by atoms with Gasteiger partial charge in [-0.3, -0.25) is 9.59 Å². The number of halogens is 1. The molecule has 0 aliphatic heterocycles. The molecule has 1 atom stereocenters. The largest absolute Gasteiger partial charge is 0.467 e. The smallest absolute Gasteiger partial charge is 0.328 e. The van der Waals surface area contributed by atoms with Gasteiger partial charge in [-0.25, -0.2) is 4.79 Å². The molecule has 9 heteroatoms. The number of esters is 1. The number of nitrogens with two attached hydrogens (primary N) is 1. The molecule has 2 amide bonds. The number of amides is 2. The number of benzene rings is 1. The van der Waals surface area contributed by atoms with Crippen molar-refractivity contribution in [1.29, 1.82) is 0 Å². The second-order valence-corrected chi connectivity index (χ2v) is 5.91. The van der Waals surface area contributed by atoms with Crippen molar-refractivity contribution in [1.82, 2.24) is 9.88 Å². The van der Waals surface area contributed by atoms with Crippen LogP contribution in [0, 0.1) is 0 Å². The Hall–Kier alpha value is -3.00. The fraction of sp³-hybridized carbons (Fsp3) is 0.278. The fourth-order valence-electron chi connectivity index (χ4n) is 2.48. The molecule has 0 radical (unpaired) electrons. The van der Waals surface area contributed by atoms with Gasteiger partial charge in [0.25, 0.3) is 5.91 Å². The van der Waals surface area contributed by atoms with Crippen LogP contribution in [0.25, 0.3) is 0 Å². The van der Waals surface area contributed by atoms with Crippen molar-refractivity contribution in [3.05, 3.63) is 47.8 Å². The van der Waals surface area contributed by atoms with Crippen LogP contribution in [0.4, 0.5) is 11.4 Å². The zero-order valence-corrected chi connectivity index (χ0v) is 16.1. The van der Waals surface area contributed by atoms with Crippen LogP contribution in [0.15, 0.2) is 36.5 Å². The van der Waals surface area contributed by atoms with Crippen LogP contribution in [0.1, 0.15) is 23.0 Å². The number of anilines is 2. The van der Waals surface area contributed by atoms with Gasteiger partial charge in [0, 0.05) is 18.9 Å². The molecule has 0 aliphatic rings. The summed E-state index contributed by atoms with van der Waals surface area (Å²) in [6.45, 7) is 1.55. The number of nitrogens with one attached hydrogen (secondary N) is 2. The number of ether oxygens (including phenoxy) is 1. The van der Waals surface area contributed by atoms with E-state index in [1.807, 2.05) is 0 Å². The SMILES string of the molecule is COC(=O)C(C)NC(=O)Cc1cccc(NC(=O)c2cc(N)cn2C)c1.Cl. The number of rotatable bonds is 6. The minimum atomic E-state index is -0.724. The number of nitrogen functional groups attached to an aromatic ring is 1. The molecular weight excluding hydrogens is 372 g/mol. The van der Waals surface area contributed by atoms with Gasteiger partial charge in [-0.1, -0.05) is 12.1 Å². The molecule has 1 heterocycles. The predicted molar refractivity (Wildman–Crippen MR) is 105 cm³/mol. The van der Waals surface area contributed by atoms with Gasteiger partial charge in [0.2, 0.25) is 5.91 Å². The molecular formula is C18H23ClN4O4. The molecule has 27 heavy (non-hydrogen) atoms. The van der Waals surface area contributed by atoms with Crippen molar-refractivity contribution in [2.24, 2.45) is 7.05 Å². The maximum atomic E-state index is 12.3. The first-order chi connectivity index (χ1) is 12.3. The number of nitrogens with zero attached hydrogens (tertiary/aromatic N) is 1. The molecule has 0 saturated heterocycles. The molecule has 1 unspecified atom stereocenters. The molecule has 8 nitrogen and oxygen atoms in total. The zero-order chi connectivity index (χ0) is 19.3. The van der Waals surface area contributed by atoms with Gasteiger partial charge in [0.05, 0.1) is 19.2 Å². The lowest BCUT2D eigenvalue weighted by Gasteiger charge is -2.12. The number of aromatic nitrogens is 1. The molecule has 4 N–H and O–H groups in total. The normalized spacial score (nSPS) is 11.1. The highest BCUT2D eigenvalue weighted by Crippen LogP contribution is 2.15. The summed E-state index contributed by atoms with van der Waals surface area (Å²) >= 11 is 0. The molecule has 2 rings (SSSR count). The topological polar surface area (TPSA) is 115 Å². The second kappa shape index (κ2) is 9.63. The lowest BCUT2D eigenvalue weighted by Crippen LogP contribution is -2.39. The van der Waals surface area contributed by atoms with Gasteiger partial charge in [-0.15, -0.1) is 12.4 Å². The van der Waals surface area contributed by atoms with E-state index in [9.17, 15) is 14.4 Å². The van der Waals surface area contributed by atoms with E-state index in [2.05, 4.69) is 15.4 Å². The summed E-state index contributed by atoms with van der Waals surface area (Å²) in [6, 6.07) is 7.79. The molecule has 0 spiro atoms. The van der Waals surface area contributed by atoms with Crippen molar-refractivity contribution in [2.45, 2.75) is 19.4 Å². The van der Waals surface area contributed by atoms with E-state index in [0.29, 0.717) is 22.6 Å². The average Bonchev–Trinajstić information content (AvgIpc) is 2.92. The van der Waals surface area contributed by atoms with Crippen molar-refractivity contribution in [2.75, 3.05) is 18.2 Å². The standard InChI is InChI=1S/C18H22N4O4.ClH/c1-11(18(25)26-3)20-16(23)8-12-5-4-6-14(7-12)21-17(24)15-9-13(19)10-22(15)2;/h4-7,9-11H,8,19H2,1-3H3,(H,20,23)(H,21,24);1H. The van der Waals surface area contributed by atoms with Crippen LogP contribution in [-0.4, -0.2) is 35.5 Å². The Labute approximate surface area is 163 Å². The molecule has 146 valence electrons. The summed E-state index contributed by atoms with van der Waals surface area (Å²) in [6.07, 6.45) is 1.72. The fourth-order valence-corrected chi connectivity index (χ4v) is 2.48. The van der Waals surface area contributed by atoms with Crippen molar-refractivity contribution >= 4 is 41.6 Å². The van der Waals surface area contributed by atoms with E-state index in [4.69, 9.17) is 5.73 Å². The Morgan fingerprint density at radius 3 is 2.56 bits per heavy atom. The minimum absolute atomic E-state index is 0. The Kier molecular flexibility index (Phi) is 7.86. The van der Waals surface area contributed by atoms with Crippen molar-refractivity contribution in [3.63, 3.8) is 0 Å². The number of carbonyl (C=O) groups is 3. The summed E-state index contributed by atoms with van der Waals surface area (Å²) in [4.78, 5) is 35.7. The summed E-state index contributed by atoms with van der Waals surface area (Å²) in [5, 5.41) is 5.33. The monoisotopic (exact) mass is 394 g/mol. The number of methoxy groups -OCH3 is 1. The zero-order valence-electron chi connectivity index (χ0n) is 15.3. The number of hydrogen-bond donors (Lipinski definition) is 3. The summed E-state index contributed by atoms with van der Waals surface area (Å²) in [7, 11) is 2.99. The molecule has 1 aromatic heterocycles. The van der Waals surface area contributed by atoms with Crippen molar-refractivity contribution in [3.8, 4) is 0 Å². The molecule has 1 aromatic carbocycles. The van der Waals surface area contributed by atoms with Gasteiger partial charge in [0.1, 0.15) is 11.7 Å². The van der Waals surface area contributed by atoms with Crippen LogP contribution in [0.2, 0.25) is 0 Å². The van der Waals surface area contributed by atoms with E-state index < -0.39 is 12.0 Å². The predicted octanol–water partition coefficient (Wildman–Crippen LogP) is 1.50. The average molecular weight is 395 g/mol. The maximum Gasteiger partial charge on any atom is 0.328 e. The Morgan fingerprint density at radius 2 is 1.96 bits per heavy atom. The first-order valence-electron chi connectivity index (χ1n) is 7.99. The third-order valence-corrected chi connectivity index (χ3v) is 3.74. The Balaban J connectivity index is 0.00000364. The number of hydrogen-bond acceptors (Lipinski definition) is 5. The van der Waals surface area contributed by atoms with Crippen LogP contribution >= 0.6 is 12.4 Å². The van der Waals surface area contributed by atoms with Gasteiger partial charge in [-0.2, -0.15) is 0 Å². The Bertz CT molecular complexity index is 835. The Morgan fingerprint density at radius 1 is 1.26 bits per heavy atom. The van der Waals surface area contributed by atoms with Crippen LogP contribution in [0.3, 0.4) is 0 Å². The van der Waals surface area contributed by atoms with Gasteiger partial charge >= 0.3 is 5.97 Å². The second-order valence-electron chi connectivity index (χ2n) is 5.91. The van der Waals surface area contributed by atoms with Crippen LogP contribution in [0.5, 0.6) is 0 Å². The lowest BCUT2D eigenvalue weighted by atomic mass is 10.1.